The highest BCUT2D eigenvalue weighted by Crippen LogP contribution is 2.34. The van der Waals surface area contributed by atoms with Crippen molar-refractivity contribution in [1.29, 1.82) is 5.26 Å². The molecule has 2 aromatic carbocycles. The molecule has 3 nitrogen and oxygen atoms in total. The molecule has 0 aliphatic carbocycles. The van der Waals surface area contributed by atoms with Gasteiger partial charge in [-0.3, -0.25) is 0 Å². The summed E-state index contributed by atoms with van der Waals surface area (Å²) in [6, 6.07) is 10.4. The fraction of sp³-hybridized carbons (Fsp3) is 0.133. The topological polar surface area (TPSA) is 53.2 Å². The maximum atomic E-state index is 13.0. The minimum atomic E-state index is -0.767. The number of ether oxygens (including phenoxy) is 1. The third-order valence-corrected chi connectivity index (χ3v) is 3.00. The van der Waals surface area contributed by atoms with E-state index in [0.29, 0.717) is 16.9 Å². The third kappa shape index (κ3) is 3.08. The summed E-state index contributed by atoms with van der Waals surface area (Å²) < 4.78 is 18.6. The summed E-state index contributed by atoms with van der Waals surface area (Å²) in [7, 11) is 0. The van der Waals surface area contributed by atoms with E-state index in [1.54, 1.807) is 19.1 Å². The molecule has 0 fully saturated rings. The third-order valence-electron chi connectivity index (χ3n) is 2.71. The summed E-state index contributed by atoms with van der Waals surface area (Å²) in [5.41, 5.74) is 0.909. The van der Waals surface area contributed by atoms with Gasteiger partial charge in [-0.05, 0) is 37.3 Å². The maximum absolute atomic E-state index is 13.0. The Kier molecular flexibility index (Phi) is 4.23. The molecule has 0 saturated carbocycles. The van der Waals surface area contributed by atoms with Crippen LogP contribution in [-0.4, -0.2) is 5.11 Å². The van der Waals surface area contributed by atoms with E-state index in [1.165, 1.54) is 18.2 Å². The van der Waals surface area contributed by atoms with E-state index in [2.05, 4.69) is 0 Å². The summed E-state index contributed by atoms with van der Waals surface area (Å²) in [6.07, 6.45) is -0.767. The molecule has 0 radical (unpaired) electrons. The van der Waals surface area contributed by atoms with Crippen molar-refractivity contribution in [2.24, 2.45) is 0 Å². The molecule has 1 atom stereocenters. The number of benzene rings is 2. The van der Waals surface area contributed by atoms with Crippen LogP contribution in [0.15, 0.2) is 36.4 Å². The molecule has 1 N–H and O–H groups in total. The number of nitriles is 1. The van der Waals surface area contributed by atoms with Crippen molar-refractivity contribution in [3.05, 3.63) is 58.4 Å². The lowest BCUT2D eigenvalue weighted by atomic mass is 10.1. The number of nitrogens with zero attached hydrogens (tertiary/aromatic N) is 1. The van der Waals surface area contributed by atoms with Crippen molar-refractivity contribution in [1.82, 2.24) is 0 Å². The Labute approximate surface area is 120 Å². The van der Waals surface area contributed by atoms with Crippen LogP contribution in [0, 0.1) is 17.1 Å². The van der Waals surface area contributed by atoms with Gasteiger partial charge in [0, 0.05) is 5.56 Å². The molecular formula is C15H11ClFNO2. The zero-order chi connectivity index (χ0) is 14.7. The minimum absolute atomic E-state index is 0.115. The molecule has 2 rings (SSSR count). The van der Waals surface area contributed by atoms with Gasteiger partial charge >= 0.3 is 0 Å². The lowest BCUT2D eigenvalue weighted by Gasteiger charge is -2.14. The van der Waals surface area contributed by atoms with Crippen LogP contribution in [0.2, 0.25) is 5.02 Å². The van der Waals surface area contributed by atoms with Crippen LogP contribution in [-0.2, 0) is 0 Å². The van der Waals surface area contributed by atoms with E-state index in [4.69, 9.17) is 21.6 Å². The van der Waals surface area contributed by atoms with E-state index in [1.807, 2.05) is 6.07 Å². The smallest absolute Gasteiger partial charge is 0.146 e. The highest BCUT2D eigenvalue weighted by Gasteiger charge is 2.13. The first-order valence-electron chi connectivity index (χ1n) is 5.86. The monoisotopic (exact) mass is 291 g/mol. The van der Waals surface area contributed by atoms with Gasteiger partial charge in [0.05, 0.1) is 22.8 Å². The molecule has 5 heteroatoms. The molecule has 102 valence electrons. The van der Waals surface area contributed by atoms with Crippen molar-refractivity contribution in [3.8, 4) is 17.6 Å². The highest BCUT2D eigenvalue weighted by atomic mass is 35.5. The molecule has 0 aliphatic rings. The molecule has 0 spiro atoms. The van der Waals surface area contributed by atoms with Gasteiger partial charge in [0.15, 0.2) is 0 Å². The second-order valence-corrected chi connectivity index (χ2v) is 4.62. The highest BCUT2D eigenvalue weighted by molar-refractivity contribution is 6.32. The van der Waals surface area contributed by atoms with Crippen LogP contribution in [0.1, 0.15) is 24.2 Å². The van der Waals surface area contributed by atoms with Crippen molar-refractivity contribution in [2.75, 3.05) is 0 Å². The van der Waals surface area contributed by atoms with Crippen LogP contribution < -0.4 is 4.74 Å². The second kappa shape index (κ2) is 5.91. The van der Waals surface area contributed by atoms with Crippen molar-refractivity contribution >= 4 is 11.6 Å². The Morgan fingerprint density at radius 1 is 1.25 bits per heavy atom. The van der Waals surface area contributed by atoms with E-state index in [9.17, 15) is 9.50 Å². The summed E-state index contributed by atoms with van der Waals surface area (Å²) >= 11 is 5.89. The molecular weight excluding hydrogens is 281 g/mol. The van der Waals surface area contributed by atoms with Gasteiger partial charge < -0.3 is 9.84 Å². The minimum Gasteiger partial charge on any atom is -0.455 e. The Morgan fingerprint density at radius 3 is 2.60 bits per heavy atom. The molecule has 0 unspecified atom stereocenters. The standard InChI is InChI=1S/C15H11ClFNO2/c1-9(19)12-4-2-10(8-18)6-15(12)20-14-5-3-11(17)7-13(14)16/h2-7,9,19H,1H3/t9-/m0/s1. The molecule has 0 aliphatic heterocycles. The lowest BCUT2D eigenvalue weighted by Crippen LogP contribution is -1.97. The van der Waals surface area contributed by atoms with Gasteiger partial charge in [-0.1, -0.05) is 17.7 Å². The first kappa shape index (κ1) is 14.3. The first-order chi connectivity index (χ1) is 9.51. The van der Waals surface area contributed by atoms with Gasteiger partial charge in [-0.15, -0.1) is 0 Å². The van der Waals surface area contributed by atoms with Crippen LogP contribution in [0.4, 0.5) is 4.39 Å². The van der Waals surface area contributed by atoms with Crippen LogP contribution in [0.5, 0.6) is 11.5 Å². The van der Waals surface area contributed by atoms with Gasteiger partial charge in [0.25, 0.3) is 0 Å². The molecule has 20 heavy (non-hydrogen) atoms. The Morgan fingerprint density at radius 2 is 2.00 bits per heavy atom. The number of rotatable bonds is 3. The fourth-order valence-electron chi connectivity index (χ4n) is 1.71. The average Bonchev–Trinajstić information content (AvgIpc) is 2.41. The van der Waals surface area contributed by atoms with Crippen LogP contribution >= 0.6 is 11.6 Å². The van der Waals surface area contributed by atoms with Gasteiger partial charge in [-0.2, -0.15) is 5.26 Å². The van der Waals surface area contributed by atoms with E-state index >= 15 is 0 Å². The summed E-state index contributed by atoms with van der Waals surface area (Å²) in [5.74, 6) is 0.0986. The molecule has 0 bridgehead atoms. The zero-order valence-corrected chi connectivity index (χ0v) is 11.4. The number of hydrogen-bond acceptors (Lipinski definition) is 3. The number of aliphatic hydroxyl groups is 1. The molecule has 0 heterocycles. The van der Waals surface area contributed by atoms with E-state index in [-0.39, 0.29) is 10.8 Å². The Balaban J connectivity index is 2.43. The van der Waals surface area contributed by atoms with Crippen molar-refractivity contribution in [3.63, 3.8) is 0 Å². The Bertz CT molecular complexity index is 680. The van der Waals surface area contributed by atoms with Gasteiger partial charge in [0.2, 0.25) is 0 Å². The van der Waals surface area contributed by atoms with Gasteiger partial charge in [-0.25, -0.2) is 4.39 Å². The predicted octanol–water partition coefficient (Wildman–Crippen LogP) is 4.20. The quantitative estimate of drug-likeness (QED) is 0.922. The SMILES string of the molecule is C[C@H](O)c1ccc(C#N)cc1Oc1ccc(F)cc1Cl. The van der Waals surface area contributed by atoms with Crippen LogP contribution in [0.3, 0.4) is 0 Å². The van der Waals surface area contributed by atoms with Crippen molar-refractivity contribution in [2.45, 2.75) is 13.0 Å². The zero-order valence-electron chi connectivity index (χ0n) is 10.6. The largest absolute Gasteiger partial charge is 0.455 e. The molecule has 0 amide bonds. The van der Waals surface area contributed by atoms with E-state index in [0.717, 1.165) is 6.07 Å². The second-order valence-electron chi connectivity index (χ2n) is 4.22. The molecule has 2 aromatic rings. The number of aliphatic hydroxyl groups excluding tert-OH is 1. The predicted molar refractivity (Wildman–Crippen MR) is 73.3 cm³/mol. The Hall–Kier alpha value is -2.09. The first-order valence-corrected chi connectivity index (χ1v) is 6.24. The average molecular weight is 292 g/mol. The maximum Gasteiger partial charge on any atom is 0.146 e. The fourth-order valence-corrected chi connectivity index (χ4v) is 1.92. The normalized spacial score (nSPS) is 11.8. The van der Waals surface area contributed by atoms with Crippen molar-refractivity contribution < 1.29 is 14.2 Å². The molecule has 0 saturated heterocycles. The number of hydrogen-bond donors (Lipinski definition) is 1. The number of halogens is 2. The summed E-state index contributed by atoms with van der Waals surface area (Å²) in [5, 5.41) is 18.7. The van der Waals surface area contributed by atoms with E-state index < -0.39 is 11.9 Å². The van der Waals surface area contributed by atoms with Crippen LogP contribution in [0.25, 0.3) is 0 Å². The molecule has 0 aromatic heterocycles. The summed E-state index contributed by atoms with van der Waals surface area (Å²) in [6.45, 7) is 1.58. The summed E-state index contributed by atoms with van der Waals surface area (Å²) in [4.78, 5) is 0. The van der Waals surface area contributed by atoms with Gasteiger partial charge in [0.1, 0.15) is 17.3 Å². The lowest BCUT2D eigenvalue weighted by molar-refractivity contribution is 0.195.